The number of ether oxygens (including phenoxy) is 2. The zero-order valence-electron chi connectivity index (χ0n) is 18.6. The highest BCUT2D eigenvalue weighted by Crippen LogP contribution is 2.30. The molecular formula is C23H35N5O2. The molecule has 0 spiro atoms. The van der Waals surface area contributed by atoms with Gasteiger partial charge in [0.15, 0.2) is 17.5 Å². The van der Waals surface area contributed by atoms with E-state index < -0.39 is 0 Å². The Balaban J connectivity index is 1.77. The number of aromatic nitrogens is 1. The summed E-state index contributed by atoms with van der Waals surface area (Å²) in [7, 11) is 1.79. The second-order valence-electron chi connectivity index (χ2n) is 6.79. The fourth-order valence-electron chi connectivity index (χ4n) is 2.96. The van der Waals surface area contributed by atoms with Crippen molar-refractivity contribution in [2.24, 2.45) is 4.99 Å². The molecule has 0 bridgehead atoms. The molecule has 30 heavy (non-hydrogen) atoms. The van der Waals surface area contributed by atoms with Crippen LogP contribution in [0.5, 0.6) is 11.5 Å². The maximum atomic E-state index is 5.74. The van der Waals surface area contributed by atoms with E-state index in [9.17, 15) is 0 Å². The van der Waals surface area contributed by atoms with Gasteiger partial charge in [0, 0.05) is 26.3 Å². The number of benzene rings is 1. The molecule has 0 aliphatic rings. The molecule has 0 aliphatic carbocycles. The first-order chi connectivity index (χ1) is 14.7. The summed E-state index contributed by atoms with van der Waals surface area (Å²) >= 11 is 0. The molecular weight excluding hydrogens is 378 g/mol. The van der Waals surface area contributed by atoms with E-state index >= 15 is 0 Å². The van der Waals surface area contributed by atoms with Crippen LogP contribution in [0.15, 0.2) is 47.6 Å². The second-order valence-corrected chi connectivity index (χ2v) is 6.79. The number of hydrogen-bond acceptors (Lipinski definition) is 5. The van der Waals surface area contributed by atoms with Crippen LogP contribution in [0.3, 0.4) is 0 Å². The van der Waals surface area contributed by atoms with Gasteiger partial charge >= 0.3 is 0 Å². The Morgan fingerprint density at radius 3 is 2.50 bits per heavy atom. The lowest BCUT2D eigenvalue weighted by Crippen LogP contribution is -2.39. The van der Waals surface area contributed by atoms with Crippen molar-refractivity contribution in [3.63, 3.8) is 0 Å². The highest BCUT2D eigenvalue weighted by atomic mass is 16.5. The van der Waals surface area contributed by atoms with Crippen molar-refractivity contribution < 1.29 is 9.47 Å². The smallest absolute Gasteiger partial charge is 0.191 e. The van der Waals surface area contributed by atoms with Crippen molar-refractivity contribution in [2.75, 3.05) is 38.7 Å². The molecule has 3 N–H and O–H groups in total. The van der Waals surface area contributed by atoms with Gasteiger partial charge in [0.2, 0.25) is 0 Å². The van der Waals surface area contributed by atoms with Crippen molar-refractivity contribution in [2.45, 2.75) is 39.7 Å². The minimum atomic E-state index is 0.0805. The number of anilines is 1. The molecule has 0 radical (unpaired) electrons. The van der Waals surface area contributed by atoms with Crippen LogP contribution in [0, 0.1) is 0 Å². The zero-order chi connectivity index (χ0) is 21.6. The quantitative estimate of drug-likeness (QED) is 0.277. The Kier molecular flexibility index (Phi) is 10.3. The van der Waals surface area contributed by atoms with Crippen molar-refractivity contribution in [1.29, 1.82) is 0 Å². The molecule has 1 unspecified atom stereocenters. The van der Waals surface area contributed by atoms with E-state index in [0.717, 1.165) is 54.8 Å². The predicted molar refractivity (Wildman–Crippen MR) is 124 cm³/mol. The standard InChI is InChI=1S/C23H35N5O2/c1-5-29-20-13-12-19(17-21(20)30-6-2)18(3)28-23(24-4)27-16-10-9-15-26-22-11-7-8-14-25-22/h7-8,11-14,17-18H,5-6,9-10,15-16H2,1-4H3,(H,25,26)(H2,24,27,28). The lowest BCUT2D eigenvalue weighted by atomic mass is 10.1. The van der Waals surface area contributed by atoms with Gasteiger partial charge in [-0.2, -0.15) is 0 Å². The highest BCUT2D eigenvalue weighted by Gasteiger charge is 2.12. The Morgan fingerprint density at radius 2 is 1.80 bits per heavy atom. The Labute approximate surface area is 180 Å². The Hall–Kier alpha value is -2.96. The van der Waals surface area contributed by atoms with E-state index in [0.29, 0.717) is 13.2 Å². The number of pyridine rings is 1. The van der Waals surface area contributed by atoms with E-state index in [-0.39, 0.29) is 6.04 Å². The lowest BCUT2D eigenvalue weighted by molar-refractivity contribution is 0.287. The summed E-state index contributed by atoms with van der Waals surface area (Å²) in [6.45, 7) is 9.01. The first-order valence-corrected chi connectivity index (χ1v) is 10.7. The zero-order valence-corrected chi connectivity index (χ0v) is 18.6. The van der Waals surface area contributed by atoms with Crippen LogP contribution in [-0.4, -0.2) is 44.3 Å². The van der Waals surface area contributed by atoms with E-state index in [1.807, 2.05) is 44.2 Å². The van der Waals surface area contributed by atoms with Gasteiger partial charge in [-0.3, -0.25) is 4.99 Å². The van der Waals surface area contributed by atoms with Gasteiger partial charge in [0.1, 0.15) is 5.82 Å². The molecule has 1 heterocycles. The molecule has 1 aromatic heterocycles. The van der Waals surface area contributed by atoms with E-state index in [1.165, 1.54) is 0 Å². The number of unbranched alkanes of at least 4 members (excludes halogenated alkanes) is 1. The van der Waals surface area contributed by atoms with Crippen molar-refractivity contribution in [3.8, 4) is 11.5 Å². The summed E-state index contributed by atoms with van der Waals surface area (Å²) in [5, 5.41) is 10.1. The third-order valence-corrected chi connectivity index (χ3v) is 4.51. The van der Waals surface area contributed by atoms with E-state index in [1.54, 1.807) is 13.2 Å². The summed E-state index contributed by atoms with van der Waals surface area (Å²) < 4.78 is 11.4. The molecule has 0 saturated heterocycles. The van der Waals surface area contributed by atoms with Crippen LogP contribution in [-0.2, 0) is 0 Å². The number of rotatable bonds is 12. The Morgan fingerprint density at radius 1 is 1.03 bits per heavy atom. The molecule has 7 nitrogen and oxygen atoms in total. The molecule has 0 fully saturated rings. The van der Waals surface area contributed by atoms with Crippen molar-refractivity contribution >= 4 is 11.8 Å². The predicted octanol–water partition coefficient (Wildman–Crippen LogP) is 4.00. The summed E-state index contributed by atoms with van der Waals surface area (Å²) in [4.78, 5) is 8.60. The molecule has 2 rings (SSSR count). The lowest BCUT2D eigenvalue weighted by Gasteiger charge is -2.20. The third kappa shape index (κ3) is 7.81. The monoisotopic (exact) mass is 413 g/mol. The summed E-state index contributed by atoms with van der Waals surface area (Å²) in [5.74, 6) is 3.25. The molecule has 7 heteroatoms. The van der Waals surface area contributed by atoms with E-state index in [2.05, 4.69) is 38.9 Å². The Bertz CT molecular complexity index is 767. The largest absolute Gasteiger partial charge is 0.490 e. The summed E-state index contributed by atoms with van der Waals surface area (Å²) in [6, 6.07) is 12.0. The number of guanidine groups is 1. The molecule has 2 aromatic rings. The van der Waals surface area contributed by atoms with Gasteiger partial charge in [-0.1, -0.05) is 12.1 Å². The molecule has 0 aliphatic heterocycles. The van der Waals surface area contributed by atoms with Crippen molar-refractivity contribution in [3.05, 3.63) is 48.2 Å². The minimum absolute atomic E-state index is 0.0805. The highest BCUT2D eigenvalue weighted by molar-refractivity contribution is 5.80. The van der Waals surface area contributed by atoms with Crippen LogP contribution in [0.2, 0.25) is 0 Å². The van der Waals surface area contributed by atoms with E-state index in [4.69, 9.17) is 9.47 Å². The molecule has 1 aromatic carbocycles. The van der Waals surface area contributed by atoms with Crippen molar-refractivity contribution in [1.82, 2.24) is 15.6 Å². The summed E-state index contributed by atoms with van der Waals surface area (Å²) in [5.41, 5.74) is 1.12. The first-order valence-electron chi connectivity index (χ1n) is 10.7. The molecule has 0 saturated carbocycles. The maximum absolute atomic E-state index is 5.74. The minimum Gasteiger partial charge on any atom is -0.490 e. The van der Waals surface area contributed by atoms with Crippen LogP contribution in [0.25, 0.3) is 0 Å². The topological polar surface area (TPSA) is 79.8 Å². The van der Waals surface area contributed by atoms with Crippen LogP contribution in [0.4, 0.5) is 5.82 Å². The first kappa shape index (κ1) is 23.3. The third-order valence-electron chi connectivity index (χ3n) is 4.51. The van der Waals surface area contributed by atoms with Gasteiger partial charge in [0.25, 0.3) is 0 Å². The van der Waals surface area contributed by atoms with Gasteiger partial charge in [0.05, 0.1) is 19.3 Å². The van der Waals surface area contributed by atoms with Gasteiger partial charge in [-0.25, -0.2) is 4.98 Å². The number of hydrogen-bond donors (Lipinski definition) is 3. The van der Waals surface area contributed by atoms with Crippen LogP contribution in [0.1, 0.15) is 45.2 Å². The SMILES string of the molecule is CCOc1ccc(C(C)NC(=NC)NCCCCNc2ccccn2)cc1OCC. The van der Waals surface area contributed by atoms with Gasteiger partial charge < -0.3 is 25.4 Å². The van der Waals surface area contributed by atoms with Crippen LogP contribution >= 0.6 is 0 Å². The molecule has 164 valence electrons. The number of nitrogens with one attached hydrogen (secondary N) is 3. The van der Waals surface area contributed by atoms with Crippen LogP contribution < -0.4 is 25.4 Å². The molecule has 1 atom stereocenters. The summed E-state index contributed by atoms with van der Waals surface area (Å²) in [6.07, 6.45) is 3.88. The average molecular weight is 414 g/mol. The fourth-order valence-corrected chi connectivity index (χ4v) is 2.96. The van der Waals surface area contributed by atoms with Gasteiger partial charge in [-0.05, 0) is 63.4 Å². The average Bonchev–Trinajstić information content (AvgIpc) is 2.77. The second kappa shape index (κ2) is 13.3. The fraction of sp³-hybridized carbons (Fsp3) is 0.478. The molecule has 0 amide bonds. The maximum Gasteiger partial charge on any atom is 0.191 e. The normalized spacial score (nSPS) is 12.2. The number of aliphatic imine (C=N–C) groups is 1. The number of nitrogens with zero attached hydrogens (tertiary/aromatic N) is 2. The van der Waals surface area contributed by atoms with Gasteiger partial charge in [-0.15, -0.1) is 0 Å².